The molecule has 0 radical (unpaired) electrons. The molecule has 0 aromatic heterocycles. The number of rotatable bonds is 3. The summed E-state index contributed by atoms with van der Waals surface area (Å²) >= 11 is 0. The molecule has 2 aliphatic heterocycles. The highest BCUT2D eigenvalue weighted by Gasteiger charge is 2.34. The largest absolute Gasteiger partial charge is 0.401 e. The average molecular weight is 292 g/mol. The Morgan fingerprint density at radius 1 is 1.25 bits per heavy atom. The fraction of sp³-hybridized carbons (Fsp3) is 0.923. The molecule has 0 aliphatic carbocycles. The summed E-state index contributed by atoms with van der Waals surface area (Å²) in [5, 5.41) is 3.30. The van der Waals surface area contributed by atoms with Crippen LogP contribution in [0.25, 0.3) is 0 Å². The van der Waals surface area contributed by atoms with Gasteiger partial charge in [-0.1, -0.05) is 0 Å². The highest BCUT2D eigenvalue weighted by atomic mass is 19.4. The number of hydrogen-bond acceptors (Lipinski definition) is 2. The molecule has 7 heteroatoms. The number of nitrogens with one attached hydrogen (secondary N) is 1. The number of likely N-dealkylation sites (tertiary alicyclic amines) is 2. The van der Waals surface area contributed by atoms with E-state index in [0.29, 0.717) is 19.6 Å². The van der Waals surface area contributed by atoms with Gasteiger partial charge >= 0.3 is 6.18 Å². The first-order valence-corrected chi connectivity index (χ1v) is 7.22. The lowest BCUT2D eigenvalue weighted by atomic mass is 10.1. The third-order valence-corrected chi connectivity index (χ3v) is 3.94. The number of guanidine groups is 1. The fourth-order valence-electron chi connectivity index (χ4n) is 2.97. The predicted molar refractivity (Wildman–Crippen MR) is 72.8 cm³/mol. The second-order valence-corrected chi connectivity index (χ2v) is 5.63. The Morgan fingerprint density at radius 2 is 1.95 bits per heavy atom. The van der Waals surface area contributed by atoms with Crippen molar-refractivity contribution in [2.45, 2.75) is 25.4 Å². The Kier molecular flexibility index (Phi) is 5.12. The van der Waals surface area contributed by atoms with Gasteiger partial charge in [0.15, 0.2) is 5.96 Å². The third kappa shape index (κ3) is 4.54. The average Bonchev–Trinajstić information content (AvgIpc) is 3.00. The van der Waals surface area contributed by atoms with Crippen molar-refractivity contribution in [3.63, 3.8) is 0 Å². The summed E-state index contributed by atoms with van der Waals surface area (Å²) < 4.78 is 37.0. The standard InChI is InChI=1S/C13H23F3N4/c1-17-12(20-5-2-3-6-20)18-8-11-4-7-19(9-11)10-13(14,15)16/h11H,2-10H2,1H3,(H,17,18). The summed E-state index contributed by atoms with van der Waals surface area (Å²) in [4.78, 5) is 7.95. The van der Waals surface area contributed by atoms with Crippen LogP contribution >= 0.6 is 0 Å². The van der Waals surface area contributed by atoms with Crippen molar-refractivity contribution in [1.29, 1.82) is 0 Å². The zero-order valence-electron chi connectivity index (χ0n) is 11.9. The van der Waals surface area contributed by atoms with E-state index in [0.717, 1.165) is 25.5 Å². The van der Waals surface area contributed by atoms with Crippen molar-refractivity contribution in [2.24, 2.45) is 10.9 Å². The summed E-state index contributed by atoms with van der Waals surface area (Å²) in [6, 6.07) is 0. The van der Waals surface area contributed by atoms with Crippen LogP contribution in [-0.4, -0.2) is 68.3 Å². The quantitative estimate of drug-likeness (QED) is 0.632. The normalized spacial score (nSPS) is 25.5. The molecule has 0 aromatic carbocycles. The van der Waals surface area contributed by atoms with Gasteiger partial charge in [-0.3, -0.25) is 9.89 Å². The van der Waals surface area contributed by atoms with Crippen molar-refractivity contribution in [3.8, 4) is 0 Å². The van der Waals surface area contributed by atoms with Gasteiger partial charge in [-0.25, -0.2) is 0 Å². The lowest BCUT2D eigenvalue weighted by Gasteiger charge is -2.23. The maximum absolute atomic E-state index is 12.3. The smallest absolute Gasteiger partial charge is 0.356 e. The number of hydrogen-bond donors (Lipinski definition) is 1. The monoisotopic (exact) mass is 292 g/mol. The van der Waals surface area contributed by atoms with Crippen molar-refractivity contribution in [2.75, 3.05) is 46.3 Å². The van der Waals surface area contributed by atoms with Crippen LogP contribution in [0.1, 0.15) is 19.3 Å². The molecule has 20 heavy (non-hydrogen) atoms. The third-order valence-electron chi connectivity index (χ3n) is 3.94. The van der Waals surface area contributed by atoms with Crippen molar-refractivity contribution >= 4 is 5.96 Å². The number of nitrogens with zero attached hydrogens (tertiary/aromatic N) is 3. The minimum atomic E-state index is -4.09. The summed E-state index contributed by atoms with van der Waals surface area (Å²) in [5.41, 5.74) is 0. The highest BCUT2D eigenvalue weighted by Crippen LogP contribution is 2.22. The molecule has 1 N–H and O–H groups in total. The van der Waals surface area contributed by atoms with Gasteiger partial charge in [0, 0.05) is 33.2 Å². The van der Waals surface area contributed by atoms with Crippen molar-refractivity contribution in [3.05, 3.63) is 0 Å². The summed E-state index contributed by atoms with van der Waals surface area (Å²) in [6.45, 7) is 3.01. The van der Waals surface area contributed by atoms with Crippen LogP contribution < -0.4 is 5.32 Å². The SMILES string of the molecule is CN=C(NCC1CCN(CC(F)(F)F)C1)N1CCCC1. The van der Waals surface area contributed by atoms with Crippen LogP contribution in [0.2, 0.25) is 0 Å². The van der Waals surface area contributed by atoms with Gasteiger partial charge in [0.05, 0.1) is 6.54 Å². The summed E-state index contributed by atoms with van der Waals surface area (Å²) in [7, 11) is 1.76. The Bertz CT molecular complexity index is 337. The molecule has 0 bridgehead atoms. The van der Waals surface area contributed by atoms with Crippen LogP contribution in [0, 0.1) is 5.92 Å². The highest BCUT2D eigenvalue weighted by molar-refractivity contribution is 5.80. The molecular weight excluding hydrogens is 269 g/mol. The molecule has 0 aromatic rings. The van der Waals surface area contributed by atoms with E-state index in [-0.39, 0.29) is 5.92 Å². The number of halogens is 3. The van der Waals surface area contributed by atoms with Gasteiger partial charge in [-0.05, 0) is 31.7 Å². The topological polar surface area (TPSA) is 30.9 Å². The number of alkyl halides is 3. The predicted octanol–water partition coefficient (Wildman–Crippen LogP) is 1.54. The molecule has 1 unspecified atom stereocenters. The first-order chi connectivity index (χ1) is 9.48. The van der Waals surface area contributed by atoms with E-state index in [4.69, 9.17) is 0 Å². The first-order valence-electron chi connectivity index (χ1n) is 7.22. The number of aliphatic imine (C=N–C) groups is 1. The molecule has 2 saturated heterocycles. The van der Waals surface area contributed by atoms with E-state index in [1.54, 1.807) is 7.05 Å². The molecular formula is C13H23F3N4. The Labute approximate surface area is 118 Å². The lowest BCUT2D eigenvalue weighted by Crippen LogP contribution is -2.42. The Balaban J connectivity index is 1.72. The maximum Gasteiger partial charge on any atom is 0.401 e. The van der Waals surface area contributed by atoms with Gasteiger partial charge in [0.1, 0.15) is 0 Å². The molecule has 1 atom stereocenters. The second-order valence-electron chi connectivity index (χ2n) is 5.63. The van der Waals surface area contributed by atoms with Crippen LogP contribution in [0.5, 0.6) is 0 Å². The minimum Gasteiger partial charge on any atom is -0.356 e. The van der Waals surface area contributed by atoms with E-state index < -0.39 is 12.7 Å². The molecule has 2 rings (SSSR count). The van der Waals surface area contributed by atoms with E-state index in [1.165, 1.54) is 17.7 Å². The molecule has 0 spiro atoms. The van der Waals surface area contributed by atoms with Crippen LogP contribution in [0.4, 0.5) is 13.2 Å². The van der Waals surface area contributed by atoms with Gasteiger partial charge < -0.3 is 10.2 Å². The van der Waals surface area contributed by atoms with Gasteiger partial charge in [0.25, 0.3) is 0 Å². The lowest BCUT2D eigenvalue weighted by molar-refractivity contribution is -0.143. The molecule has 0 amide bonds. The Morgan fingerprint density at radius 3 is 2.55 bits per heavy atom. The first kappa shape index (κ1) is 15.4. The second kappa shape index (κ2) is 6.65. The zero-order chi connectivity index (χ0) is 14.6. The van der Waals surface area contributed by atoms with Gasteiger partial charge in [-0.2, -0.15) is 13.2 Å². The minimum absolute atomic E-state index is 0.275. The van der Waals surface area contributed by atoms with E-state index >= 15 is 0 Å². The van der Waals surface area contributed by atoms with Crippen molar-refractivity contribution in [1.82, 2.24) is 15.1 Å². The zero-order valence-corrected chi connectivity index (χ0v) is 11.9. The van der Waals surface area contributed by atoms with E-state index in [1.807, 2.05) is 0 Å². The molecule has 0 saturated carbocycles. The maximum atomic E-state index is 12.3. The summed E-state index contributed by atoms with van der Waals surface area (Å²) in [6.07, 6.45) is -0.902. The van der Waals surface area contributed by atoms with Gasteiger partial charge in [0.2, 0.25) is 0 Å². The molecule has 2 fully saturated rings. The van der Waals surface area contributed by atoms with Crippen LogP contribution in [-0.2, 0) is 0 Å². The summed E-state index contributed by atoms with van der Waals surface area (Å²) in [5.74, 6) is 1.16. The molecule has 2 aliphatic rings. The Hall–Kier alpha value is -0.980. The van der Waals surface area contributed by atoms with Crippen molar-refractivity contribution < 1.29 is 13.2 Å². The van der Waals surface area contributed by atoms with Crippen LogP contribution in [0.15, 0.2) is 4.99 Å². The van der Waals surface area contributed by atoms with E-state index in [2.05, 4.69) is 15.2 Å². The molecule has 2 heterocycles. The fourth-order valence-corrected chi connectivity index (χ4v) is 2.97. The van der Waals surface area contributed by atoms with Crippen LogP contribution in [0.3, 0.4) is 0 Å². The van der Waals surface area contributed by atoms with Gasteiger partial charge in [-0.15, -0.1) is 0 Å². The molecule has 4 nitrogen and oxygen atoms in total. The molecule has 116 valence electrons. The van der Waals surface area contributed by atoms with E-state index in [9.17, 15) is 13.2 Å².